The molecule has 0 bridgehead atoms. The van der Waals surface area contributed by atoms with E-state index in [0.717, 1.165) is 23.6 Å². The number of aryl methyl sites for hydroxylation is 1. The van der Waals surface area contributed by atoms with Crippen LogP contribution in [0.15, 0.2) is 12.4 Å². The van der Waals surface area contributed by atoms with Gasteiger partial charge in [0, 0.05) is 24.2 Å². The van der Waals surface area contributed by atoms with Crippen LogP contribution in [-0.2, 0) is 11.8 Å². The van der Waals surface area contributed by atoms with Crippen molar-refractivity contribution in [2.45, 2.75) is 32.6 Å². The van der Waals surface area contributed by atoms with E-state index in [1.807, 2.05) is 24.2 Å². The van der Waals surface area contributed by atoms with Crippen LogP contribution in [0, 0.1) is 0 Å². The van der Waals surface area contributed by atoms with E-state index in [1.165, 1.54) is 0 Å². The largest absolute Gasteiger partial charge is 0.258 e. The number of nitrogens with zero attached hydrogens (tertiary/aromatic N) is 2. The summed E-state index contributed by atoms with van der Waals surface area (Å²) in [5, 5.41) is 0. The molecule has 0 fully saturated rings. The smallest absolute Gasteiger partial charge is 0.0640 e. The van der Waals surface area contributed by atoms with Gasteiger partial charge in [0.2, 0.25) is 0 Å². The van der Waals surface area contributed by atoms with Crippen LogP contribution in [0.1, 0.15) is 32.2 Å². The molecule has 78 valence electrons. The SMILES string of the molecule is CSCCc1cnc(C(C)(C)C)cn1. The van der Waals surface area contributed by atoms with Gasteiger partial charge in [0.05, 0.1) is 11.4 Å². The molecule has 1 heterocycles. The number of hydrogen-bond acceptors (Lipinski definition) is 3. The van der Waals surface area contributed by atoms with E-state index >= 15 is 0 Å². The second-order valence-corrected chi connectivity index (χ2v) is 5.37. The third kappa shape index (κ3) is 3.29. The zero-order valence-electron chi connectivity index (χ0n) is 9.37. The van der Waals surface area contributed by atoms with Crippen molar-refractivity contribution in [3.05, 3.63) is 23.8 Å². The highest BCUT2D eigenvalue weighted by Gasteiger charge is 2.15. The third-order valence-electron chi connectivity index (χ3n) is 2.04. The Kier molecular flexibility index (Phi) is 3.93. The van der Waals surface area contributed by atoms with Crippen LogP contribution in [0.3, 0.4) is 0 Å². The molecule has 0 N–H and O–H groups in total. The lowest BCUT2D eigenvalue weighted by Crippen LogP contribution is -2.14. The summed E-state index contributed by atoms with van der Waals surface area (Å²) < 4.78 is 0. The molecule has 0 saturated heterocycles. The molecule has 0 aromatic carbocycles. The molecule has 0 aliphatic carbocycles. The van der Waals surface area contributed by atoms with Crippen molar-refractivity contribution in [3.63, 3.8) is 0 Å². The first-order valence-corrected chi connectivity index (χ1v) is 6.24. The van der Waals surface area contributed by atoms with E-state index in [2.05, 4.69) is 37.0 Å². The Bertz CT molecular complexity index is 274. The summed E-state index contributed by atoms with van der Waals surface area (Å²) in [6.07, 6.45) is 6.92. The summed E-state index contributed by atoms with van der Waals surface area (Å²) in [5.74, 6) is 1.11. The molecule has 0 aliphatic heterocycles. The summed E-state index contributed by atoms with van der Waals surface area (Å²) in [5.41, 5.74) is 2.25. The van der Waals surface area contributed by atoms with E-state index < -0.39 is 0 Å². The van der Waals surface area contributed by atoms with Crippen molar-refractivity contribution in [3.8, 4) is 0 Å². The predicted octanol–water partition coefficient (Wildman–Crippen LogP) is 2.68. The molecule has 0 atom stereocenters. The molecule has 0 unspecified atom stereocenters. The van der Waals surface area contributed by atoms with Crippen LogP contribution < -0.4 is 0 Å². The van der Waals surface area contributed by atoms with Gasteiger partial charge in [0.1, 0.15) is 0 Å². The van der Waals surface area contributed by atoms with Crippen molar-refractivity contribution >= 4 is 11.8 Å². The van der Waals surface area contributed by atoms with Gasteiger partial charge >= 0.3 is 0 Å². The maximum atomic E-state index is 4.43. The molecule has 0 saturated carbocycles. The zero-order valence-corrected chi connectivity index (χ0v) is 10.2. The first-order valence-electron chi connectivity index (χ1n) is 4.84. The molecule has 3 heteroatoms. The molecule has 1 aromatic rings. The molecule has 2 nitrogen and oxygen atoms in total. The lowest BCUT2D eigenvalue weighted by Gasteiger charge is -2.16. The summed E-state index contributed by atoms with van der Waals surface area (Å²) in [4.78, 5) is 8.84. The standard InChI is InChI=1S/C11H18N2S/c1-11(2,3)10-8-12-9(7-13-10)5-6-14-4/h7-8H,5-6H2,1-4H3. The van der Waals surface area contributed by atoms with E-state index in [1.54, 1.807) is 0 Å². The summed E-state index contributed by atoms with van der Waals surface area (Å²) in [7, 11) is 0. The van der Waals surface area contributed by atoms with Crippen LogP contribution in [0.25, 0.3) is 0 Å². The number of thioether (sulfide) groups is 1. The lowest BCUT2D eigenvalue weighted by molar-refractivity contribution is 0.564. The van der Waals surface area contributed by atoms with Crippen molar-refractivity contribution in [1.29, 1.82) is 0 Å². The van der Waals surface area contributed by atoms with Crippen LogP contribution in [0.4, 0.5) is 0 Å². The molecule has 0 amide bonds. The summed E-state index contributed by atoms with van der Waals surface area (Å²) in [6, 6.07) is 0. The van der Waals surface area contributed by atoms with Gasteiger partial charge in [-0.15, -0.1) is 0 Å². The van der Waals surface area contributed by atoms with Gasteiger partial charge < -0.3 is 0 Å². The van der Waals surface area contributed by atoms with Crippen LogP contribution in [-0.4, -0.2) is 22.0 Å². The molecular weight excluding hydrogens is 192 g/mol. The fourth-order valence-electron chi connectivity index (χ4n) is 1.08. The Morgan fingerprint density at radius 3 is 2.36 bits per heavy atom. The Morgan fingerprint density at radius 1 is 1.21 bits per heavy atom. The normalized spacial score (nSPS) is 11.7. The molecular formula is C11H18N2S. The van der Waals surface area contributed by atoms with Crippen molar-refractivity contribution in [2.24, 2.45) is 0 Å². The minimum atomic E-state index is 0.102. The molecule has 1 rings (SSSR count). The average Bonchev–Trinajstić information content (AvgIpc) is 2.14. The minimum absolute atomic E-state index is 0.102. The first kappa shape index (κ1) is 11.5. The van der Waals surface area contributed by atoms with Gasteiger partial charge in [-0.2, -0.15) is 11.8 Å². The number of rotatable bonds is 3. The Balaban J connectivity index is 2.69. The molecule has 0 aliphatic rings. The van der Waals surface area contributed by atoms with Gasteiger partial charge in [-0.3, -0.25) is 9.97 Å². The Labute approximate surface area is 90.5 Å². The predicted molar refractivity (Wildman–Crippen MR) is 62.8 cm³/mol. The third-order valence-corrected chi connectivity index (χ3v) is 2.65. The monoisotopic (exact) mass is 210 g/mol. The van der Waals surface area contributed by atoms with Crippen molar-refractivity contribution in [2.75, 3.05) is 12.0 Å². The zero-order chi connectivity index (χ0) is 10.6. The fraction of sp³-hybridized carbons (Fsp3) is 0.636. The van der Waals surface area contributed by atoms with E-state index in [0.29, 0.717) is 0 Å². The minimum Gasteiger partial charge on any atom is -0.258 e. The topological polar surface area (TPSA) is 25.8 Å². The number of hydrogen-bond donors (Lipinski definition) is 0. The van der Waals surface area contributed by atoms with Gasteiger partial charge in [0.15, 0.2) is 0 Å². The van der Waals surface area contributed by atoms with Gasteiger partial charge in [-0.05, 0) is 12.0 Å². The second-order valence-electron chi connectivity index (χ2n) is 4.39. The summed E-state index contributed by atoms with van der Waals surface area (Å²) in [6.45, 7) is 6.45. The fourth-order valence-corrected chi connectivity index (χ4v) is 1.49. The van der Waals surface area contributed by atoms with Gasteiger partial charge in [-0.25, -0.2) is 0 Å². The Morgan fingerprint density at radius 2 is 1.93 bits per heavy atom. The second kappa shape index (κ2) is 4.78. The lowest BCUT2D eigenvalue weighted by atomic mass is 9.93. The number of aromatic nitrogens is 2. The highest BCUT2D eigenvalue weighted by atomic mass is 32.2. The highest BCUT2D eigenvalue weighted by Crippen LogP contribution is 2.18. The van der Waals surface area contributed by atoms with Crippen molar-refractivity contribution < 1.29 is 0 Å². The van der Waals surface area contributed by atoms with E-state index in [-0.39, 0.29) is 5.41 Å². The van der Waals surface area contributed by atoms with Crippen LogP contribution in [0.2, 0.25) is 0 Å². The van der Waals surface area contributed by atoms with Crippen LogP contribution in [0.5, 0.6) is 0 Å². The molecule has 0 radical (unpaired) electrons. The van der Waals surface area contributed by atoms with Crippen LogP contribution >= 0.6 is 11.8 Å². The van der Waals surface area contributed by atoms with Crippen molar-refractivity contribution in [1.82, 2.24) is 9.97 Å². The molecule has 14 heavy (non-hydrogen) atoms. The Hall–Kier alpha value is -0.570. The summed E-state index contributed by atoms with van der Waals surface area (Å²) >= 11 is 1.84. The molecule has 1 aromatic heterocycles. The average molecular weight is 210 g/mol. The first-order chi connectivity index (χ1) is 6.54. The highest BCUT2D eigenvalue weighted by molar-refractivity contribution is 7.98. The quantitative estimate of drug-likeness (QED) is 0.767. The van der Waals surface area contributed by atoms with Gasteiger partial charge in [0.25, 0.3) is 0 Å². The van der Waals surface area contributed by atoms with Gasteiger partial charge in [-0.1, -0.05) is 20.8 Å². The van der Waals surface area contributed by atoms with E-state index in [9.17, 15) is 0 Å². The molecule has 0 spiro atoms. The van der Waals surface area contributed by atoms with E-state index in [4.69, 9.17) is 0 Å². The maximum Gasteiger partial charge on any atom is 0.0640 e. The maximum absolute atomic E-state index is 4.43.